The van der Waals surface area contributed by atoms with Crippen molar-refractivity contribution >= 4 is 17.2 Å². The molecule has 1 aliphatic rings. The van der Waals surface area contributed by atoms with Crippen LogP contribution < -0.4 is 5.32 Å². The van der Waals surface area contributed by atoms with Gasteiger partial charge in [-0.15, -0.1) is 11.3 Å². The Balaban J connectivity index is 1.95. The van der Waals surface area contributed by atoms with Crippen molar-refractivity contribution in [3.63, 3.8) is 0 Å². The lowest BCUT2D eigenvalue weighted by molar-refractivity contribution is 0.0860. The molecule has 18 heavy (non-hydrogen) atoms. The highest BCUT2D eigenvalue weighted by Gasteiger charge is 2.20. The van der Waals surface area contributed by atoms with E-state index in [1.165, 1.54) is 11.3 Å². The average molecular weight is 268 g/mol. The molecule has 1 amide bonds. The van der Waals surface area contributed by atoms with Gasteiger partial charge >= 0.3 is 0 Å². The van der Waals surface area contributed by atoms with Gasteiger partial charge in [-0.1, -0.05) is 13.8 Å². The number of carbonyl (C=O) groups is 1. The summed E-state index contributed by atoms with van der Waals surface area (Å²) in [6.45, 7) is 7.49. The van der Waals surface area contributed by atoms with E-state index in [1.54, 1.807) is 0 Å². The molecule has 2 heterocycles. The third kappa shape index (κ3) is 3.09. The molecule has 1 saturated heterocycles. The summed E-state index contributed by atoms with van der Waals surface area (Å²) in [5, 5.41) is 3.96. The summed E-state index contributed by atoms with van der Waals surface area (Å²) in [6, 6.07) is 0. The molecular formula is C13H20N2O2S. The van der Waals surface area contributed by atoms with E-state index in [1.807, 2.05) is 6.92 Å². The lowest BCUT2D eigenvalue weighted by atomic mass is 10.2. The van der Waals surface area contributed by atoms with Crippen molar-refractivity contribution in [1.29, 1.82) is 0 Å². The van der Waals surface area contributed by atoms with E-state index in [2.05, 4.69) is 24.1 Å². The standard InChI is InChI=1S/C13H20N2O2S/c1-8(2)13-15-9(3)11(18-13)12(16)14-7-10-5-4-6-17-10/h8,10H,4-7H2,1-3H3,(H,14,16)/t10-/m0/s1. The molecule has 100 valence electrons. The first-order chi connectivity index (χ1) is 8.58. The number of nitrogens with zero attached hydrogens (tertiary/aromatic N) is 1. The first-order valence-corrected chi connectivity index (χ1v) is 7.26. The summed E-state index contributed by atoms with van der Waals surface area (Å²) in [4.78, 5) is 17.2. The molecule has 0 saturated carbocycles. The Morgan fingerprint density at radius 2 is 2.39 bits per heavy atom. The zero-order chi connectivity index (χ0) is 13.1. The van der Waals surface area contributed by atoms with Crippen LogP contribution in [0.15, 0.2) is 0 Å². The monoisotopic (exact) mass is 268 g/mol. The van der Waals surface area contributed by atoms with E-state index in [4.69, 9.17) is 4.74 Å². The molecule has 0 aliphatic carbocycles. The van der Waals surface area contributed by atoms with E-state index in [0.717, 1.165) is 35.0 Å². The molecule has 0 radical (unpaired) electrons. The molecule has 0 spiro atoms. The predicted molar refractivity (Wildman–Crippen MR) is 72.2 cm³/mol. The van der Waals surface area contributed by atoms with Gasteiger partial charge in [-0.2, -0.15) is 0 Å². The quantitative estimate of drug-likeness (QED) is 0.912. The van der Waals surface area contributed by atoms with Gasteiger partial charge in [-0.05, 0) is 19.8 Å². The number of amides is 1. The van der Waals surface area contributed by atoms with E-state index in [9.17, 15) is 4.79 Å². The van der Waals surface area contributed by atoms with Crippen molar-refractivity contribution in [3.05, 3.63) is 15.6 Å². The average Bonchev–Trinajstić information content (AvgIpc) is 2.94. The Bertz CT molecular complexity index is 423. The molecule has 1 fully saturated rings. The van der Waals surface area contributed by atoms with Crippen LogP contribution >= 0.6 is 11.3 Å². The summed E-state index contributed by atoms with van der Waals surface area (Å²) in [5.74, 6) is 0.348. The first-order valence-electron chi connectivity index (χ1n) is 6.45. The minimum atomic E-state index is -0.0209. The smallest absolute Gasteiger partial charge is 0.263 e. The molecule has 1 aliphatic heterocycles. The van der Waals surface area contributed by atoms with Crippen LogP contribution in [0.25, 0.3) is 0 Å². The second kappa shape index (κ2) is 5.80. The summed E-state index contributed by atoms with van der Waals surface area (Å²) in [5.41, 5.74) is 0.827. The molecule has 0 bridgehead atoms. The Morgan fingerprint density at radius 1 is 1.61 bits per heavy atom. The predicted octanol–water partition coefficient (Wildman–Crippen LogP) is 2.48. The third-order valence-corrected chi connectivity index (χ3v) is 4.48. The highest BCUT2D eigenvalue weighted by Crippen LogP contribution is 2.24. The van der Waals surface area contributed by atoms with Gasteiger partial charge in [-0.3, -0.25) is 4.79 Å². The Morgan fingerprint density at radius 3 is 2.94 bits per heavy atom. The van der Waals surface area contributed by atoms with Gasteiger partial charge in [0.15, 0.2) is 0 Å². The summed E-state index contributed by atoms with van der Waals surface area (Å²) in [7, 11) is 0. The molecule has 0 unspecified atom stereocenters. The number of nitrogens with one attached hydrogen (secondary N) is 1. The number of thiazole rings is 1. The lowest BCUT2D eigenvalue weighted by Gasteiger charge is -2.09. The van der Waals surface area contributed by atoms with E-state index < -0.39 is 0 Å². The van der Waals surface area contributed by atoms with Gasteiger partial charge in [0.1, 0.15) is 4.88 Å². The number of rotatable bonds is 4. The fourth-order valence-corrected chi connectivity index (χ4v) is 2.95. The minimum Gasteiger partial charge on any atom is -0.376 e. The van der Waals surface area contributed by atoms with Crippen molar-refractivity contribution in [3.8, 4) is 0 Å². The maximum absolute atomic E-state index is 12.1. The minimum absolute atomic E-state index is 0.0209. The fraction of sp³-hybridized carbons (Fsp3) is 0.692. The van der Waals surface area contributed by atoms with Gasteiger partial charge in [0, 0.05) is 19.1 Å². The summed E-state index contributed by atoms with van der Waals surface area (Å²) < 4.78 is 5.49. The first kappa shape index (κ1) is 13.5. The zero-order valence-electron chi connectivity index (χ0n) is 11.2. The van der Waals surface area contributed by atoms with Crippen LogP contribution in [-0.2, 0) is 4.74 Å². The topological polar surface area (TPSA) is 51.2 Å². The summed E-state index contributed by atoms with van der Waals surface area (Å²) in [6.07, 6.45) is 2.32. The molecule has 1 aromatic rings. The molecule has 2 rings (SSSR count). The second-order valence-electron chi connectivity index (χ2n) is 4.97. The normalized spacial score (nSPS) is 19.4. The van der Waals surface area contributed by atoms with Crippen molar-refractivity contribution in [2.75, 3.05) is 13.2 Å². The number of hydrogen-bond acceptors (Lipinski definition) is 4. The van der Waals surface area contributed by atoms with E-state index >= 15 is 0 Å². The Labute approximate surface area is 112 Å². The number of aryl methyl sites for hydroxylation is 1. The van der Waals surface area contributed by atoms with Crippen LogP contribution in [0.3, 0.4) is 0 Å². The SMILES string of the molecule is Cc1nc(C(C)C)sc1C(=O)NC[C@@H]1CCCO1. The molecule has 4 nitrogen and oxygen atoms in total. The highest BCUT2D eigenvalue weighted by molar-refractivity contribution is 7.13. The van der Waals surface area contributed by atoms with Crippen LogP contribution in [0, 0.1) is 6.92 Å². The van der Waals surface area contributed by atoms with Gasteiger partial charge in [0.25, 0.3) is 5.91 Å². The van der Waals surface area contributed by atoms with E-state index in [-0.39, 0.29) is 12.0 Å². The van der Waals surface area contributed by atoms with Crippen LogP contribution in [-0.4, -0.2) is 30.1 Å². The third-order valence-electron chi connectivity index (χ3n) is 3.03. The second-order valence-corrected chi connectivity index (χ2v) is 6.00. The number of aromatic nitrogens is 1. The molecule has 1 aromatic heterocycles. The number of hydrogen-bond donors (Lipinski definition) is 1. The van der Waals surface area contributed by atoms with Crippen molar-refractivity contribution < 1.29 is 9.53 Å². The van der Waals surface area contributed by atoms with Gasteiger partial charge in [0.2, 0.25) is 0 Å². The molecule has 1 N–H and O–H groups in total. The molecule has 5 heteroatoms. The molecular weight excluding hydrogens is 248 g/mol. The van der Waals surface area contributed by atoms with Crippen LogP contribution in [0.5, 0.6) is 0 Å². The number of ether oxygens (including phenoxy) is 1. The summed E-state index contributed by atoms with van der Waals surface area (Å²) >= 11 is 1.49. The largest absolute Gasteiger partial charge is 0.376 e. The maximum atomic E-state index is 12.1. The molecule has 0 aromatic carbocycles. The van der Waals surface area contributed by atoms with Crippen LogP contribution in [0.4, 0.5) is 0 Å². The van der Waals surface area contributed by atoms with Crippen molar-refractivity contribution in [1.82, 2.24) is 10.3 Å². The fourth-order valence-electron chi connectivity index (χ4n) is 1.97. The van der Waals surface area contributed by atoms with Crippen LogP contribution in [0.2, 0.25) is 0 Å². The molecule has 1 atom stereocenters. The van der Waals surface area contributed by atoms with E-state index in [0.29, 0.717) is 12.5 Å². The number of carbonyl (C=O) groups excluding carboxylic acids is 1. The van der Waals surface area contributed by atoms with Crippen LogP contribution in [0.1, 0.15) is 53.0 Å². The highest BCUT2D eigenvalue weighted by atomic mass is 32.1. The lowest BCUT2D eigenvalue weighted by Crippen LogP contribution is -2.31. The van der Waals surface area contributed by atoms with Gasteiger partial charge in [-0.25, -0.2) is 4.98 Å². The Hall–Kier alpha value is -0.940. The zero-order valence-corrected chi connectivity index (χ0v) is 12.0. The Kier molecular flexibility index (Phi) is 4.35. The van der Waals surface area contributed by atoms with Crippen molar-refractivity contribution in [2.45, 2.75) is 45.6 Å². The van der Waals surface area contributed by atoms with Crippen molar-refractivity contribution in [2.24, 2.45) is 0 Å². The van der Waals surface area contributed by atoms with Gasteiger partial charge in [0.05, 0.1) is 16.8 Å². The maximum Gasteiger partial charge on any atom is 0.263 e. The van der Waals surface area contributed by atoms with Gasteiger partial charge < -0.3 is 10.1 Å².